The highest BCUT2D eigenvalue weighted by molar-refractivity contribution is 5.79. The zero-order chi connectivity index (χ0) is 19.0. The Hall–Kier alpha value is -2.41. The third-order valence-electron chi connectivity index (χ3n) is 4.13. The van der Waals surface area contributed by atoms with Crippen LogP contribution in [0, 0.1) is 0 Å². The van der Waals surface area contributed by atoms with E-state index in [1.807, 2.05) is 13.1 Å². The van der Waals surface area contributed by atoms with Crippen LogP contribution in [0.2, 0.25) is 0 Å². The predicted molar refractivity (Wildman–Crippen MR) is 106 cm³/mol. The lowest BCUT2D eigenvalue weighted by Gasteiger charge is -2.31. The number of guanidine groups is 1. The third kappa shape index (κ3) is 6.15. The Kier molecular flexibility index (Phi) is 7.15. The van der Waals surface area contributed by atoms with Gasteiger partial charge in [-0.3, -0.25) is 4.68 Å². The van der Waals surface area contributed by atoms with Crippen LogP contribution in [-0.4, -0.2) is 39.4 Å². The van der Waals surface area contributed by atoms with Gasteiger partial charge in [-0.2, -0.15) is 5.10 Å². The molecule has 142 valence electrons. The first-order valence-electron chi connectivity index (χ1n) is 9.09. The zero-order valence-corrected chi connectivity index (χ0v) is 16.5. The molecule has 0 radical (unpaired) electrons. The quantitative estimate of drug-likeness (QED) is 0.497. The number of hydrogen-bond acceptors (Lipinski definition) is 4. The van der Waals surface area contributed by atoms with Crippen LogP contribution in [0.1, 0.15) is 45.1 Å². The Morgan fingerprint density at radius 1 is 1.23 bits per heavy atom. The summed E-state index contributed by atoms with van der Waals surface area (Å²) in [5, 5.41) is 14.4. The molecule has 1 aromatic carbocycles. The first kappa shape index (κ1) is 19.9. The van der Waals surface area contributed by atoms with Gasteiger partial charge in [0.15, 0.2) is 5.96 Å². The molecule has 1 unspecified atom stereocenters. The number of aromatic nitrogens is 3. The summed E-state index contributed by atoms with van der Waals surface area (Å²) in [6, 6.07) is 10.7. The van der Waals surface area contributed by atoms with Crippen molar-refractivity contribution in [2.24, 2.45) is 12.0 Å². The van der Waals surface area contributed by atoms with Crippen LogP contribution in [0.25, 0.3) is 0 Å². The fourth-order valence-electron chi connectivity index (χ4n) is 2.72. The molecule has 1 aromatic heterocycles. The summed E-state index contributed by atoms with van der Waals surface area (Å²) >= 11 is 0. The average molecular weight is 358 g/mol. The molecule has 7 heteroatoms. The molecule has 2 aromatic rings. The maximum atomic E-state index is 4.60. The smallest absolute Gasteiger partial charge is 0.191 e. The summed E-state index contributed by atoms with van der Waals surface area (Å²) in [6.07, 6.45) is 1.54. The van der Waals surface area contributed by atoms with E-state index < -0.39 is 0 Å². The van der Waals surface area contributed by atoms with Gasteiger partial charge in [-0.15, -0.1) is 0 Å². The van der Waals surface area contributed by atoms with Crippen molar-refractivity contribution in [3.63, 3.8) is 0 Å². The van der Waals surface area contributed by atoms with Crippen LogP contribution in [0.3, 0.4) is 0 Å². The molecule has 0 amide bonds. The standard InChI is InChI=1S/C19H31N7/c1-6-20-18(21-12-17-23-14-24-26(17)5)22-13-19(3,4)25-15(2)16-10-8-7-9-11-16/h7-11,14-15,25H,6,12-13H2,1-5H3,(H2,20,21,22). The highest BCUT2D eigenvalue weighted by Crippen LogP contribution is 2.15. The number of rotatable bonds is 8. The lowest BCUT2D eigenvalue weighted by molar-refractivity contribution is 0.345. The normalized spacial score (nSPS) is 13.5. The Morgan fingerprint density at radius 3 is 2.58 bits per heavy atom. The van der Waals surface area contributed by atoms with Crippen molar-refractivity contribution in [3.05, 3.63) is 48.0 Å². The first-order chi connectivity index (χ1) is 12.4. The van der Waals surface area contributed by atoms with Gasteiger partial charge in [0, 0.05) is 31.7 Å². The SMILES string of the molecule is CCNC(=NCc1ncnn1C)NCC(C)(C)NC(C)c1ccccc1. The Labute approximate surface area is 156 Å². The molecule has 0 aliphatic carbocycles. The largest absolute Gasteiger partial charge is 0.357 e. The molecule has 7 nitrogen and oxygen atoms in total. The summed E-state index contributed by atoms with van der Waals surface area (Å²) in [5.41, 5.74) is 1.18. The highest BCUT2D eigenvalue weighted by atomic mass is 15.3. The van der Waals surface area contributed by atoms with E-state index in [-0.39, 0.29) is 11.6 Å². The van der Waals surface area contributed by atoms with Crippen molar-refractivity contribution in [3.8, 4) is 0 Å². The fourth-order valence-corrected chi connectivity index (χ4v) is 2.72. The van der Waals surface area contributed by atoms with Crippen LogP contribution in [0.5, 0.6) is 0 Å². The van der Waals surface area contributed by atoms with Crippen LogP contribution in [0.15, 0.2) is 41.7 Å². The molecule has 0 spiro atoms. The van der Waals surface area contributed by atoms with Gasteiger partial charge in [0.05, 0.1) is 0 Å². The number of aryl methyl sites for hydroxylation is 1. The van der Waals surface area contributed by atoms with Crippen molar-refractivity contribution >= 4 is 5.96 Å². The summed E-state index contributed by atoms with van der Waals surface area (Å²) in [4.78, 5) is 8.81. The molecule has 0 bridgehead atoms. The molecule has 0 saturated carbocycles. The number of nitrogens with one attached hydrogen (secondary N) is 3. The molecule has 1 atom stereocenters. The molecule has 2 rings (SSSR count). The number of aliphatic imine (C=N–C) groups is 1. The summed E-state index contributed by atoms with van der Waals surface area (Å²) in [7, 11) is 1.87. The van der Waals surface area contributed by atoms with Crippen molar-refractivity contribution in [1.29, 1.82) is 0 Å². The minimum Gasteiger partial charge on any atom is -0.357 e. The summed E-state index contributed by atoms with van der Waals surface area (Å²) < 4.78 is 1.74. The molecule has 0 aliphatic heterocycles. The maximum Gasteiger partial charge on any atom is 0.191 e. The second-order valence-electron chi connectivity index (χ2n) is 7.01. The van der Waals surface area contributed by atoms with Gasteiger partial charge >= 0.3 is 0 Å². The summed E-state index contributed by atoms with van der Waals surface area (Å²) in [5.74, 6) is 1.61. The number of benzene rings is 1. The van der Waals surface area contributed by atoms with E-state index in [9.17, 15) is 0 Å². The molecular weight excluding hydrogens is 326 g/mol. The molecule has 1 heterocycles. The van der Waals surface area contributed by atoms with E-state index in [2.05, 4.69) is 83.0 Å². The molecular formula is C19H31N7. The molecule has 0 aliphatic rings. The monoisotopic (exact) mass is 357 g/mol. The first-order valence-corrected chi connectivity index (χ1v) is 9.09. The van der Waals surface area contributed by atoms with Gasteiger partial charge in [-0.1, -0.05) is 30.3 Å². The number of nitrogens with zero attached hydrogens (tertiary/aromatic N) is 4. The Morgan fingerprint density at radius 2 is 1.96 bits per heavy atom. The van der Waals surface area contributed by atoms with Gasteiger partial charge in [0.25, 0.3) is 0 Å². The summed E-state index contributed by atoms with van der Waals surface area (Å²) in [6.45, 7) is 10.6. The van der Waals surface area contributed by atoms with Crippen LogP contribution >= 0.6 is 0 Å². The maximum absolute atomic E-state index is 4.60. The predicted octanol–water partition coefficient (Wildman–Crippen LogP) is 2.00. The van der Waals surface area contributed by atoms with Crippen molar-refractivity contribution in [2.75, 3.05) is 13.1 Å². The van der Waals surface area contributed by atoms with Gasteiger partial charge < -0.3 is 16.0 Å². The lowest BCUT2D eigenvalue weighted by atomic mass is 10.0. The highest BCUT2D eigenvalue weighted by Gasteiger charge is 2.21. The average Bonchev–Trinajstić information content (AvgIpc) is 3.03. The minimum absolute atomic E-state index is 0.101. The third-order valence-corrected chi connectivity index (χ3v) is 4.13. The Bertz CT molecular complexity index is 691. The fraction of sp³-hybridized carbons (Fsp3) is 0.526. The van der Waals surface area contributed by atoms with Gasteiger partial charge in [0.1, 0.15) is 18.7 Å². The molecule has 3 N–H and O–H groups in total. The Balaban J connectivity index is 1.92. The number of hydrogen-bond donors (Lipinski definition) is 3. The molecule has 26 heavy (non-hydrogen) atoms. The second-order valence-corrected chi connectivity index (χ2v) is 7.01. The second kappa shape index (κ2) is 9.33. The zero-order valence-electron chi connectivity index (χ0n) is 16.5. The van der Waals surface area contributed by atoms with Crippen molar-refractivity contribution in [1.82, 2.24) is 30.7 Å². The van der Waals surface area contributed by atoms with E-state index in [1.54, 1.807) is 11.0 Å². The molecule has 0 fully saturated rings. The van der Waals surface area contributed by atoms with Gasteiger partial charge in [-0.05, 0) is 33.3 Å². The van der Waals surface area contributed by atoms with Crippen LogP contribution in [-0.2, 0) is 13.6 Å². The van der Waals surface area contributed by atoms with E-state index in [4.69, 9.17) is 0 Å². The van der Waals surface area contributed by atoms with Crippen LogP contribution < -0.4 is 16.0 Å². The van der Waals surface area contributed by atoms with Crippen LogP contribution in [0.4, 0.5) is 0 Å². The van der Waals surface area contributed by atoms with E-state index in [1.165, 1.54) is 5.56 Å². The topological polar surface area (TPSA) is 79.2 Å². The lowest BCUT2D eigenvalue weighted by Crippen LogP contribution is -2.52. The van der Waals surface area contributed by atoms with E-state index >= 15 is 0 Å². The van der Waals surface area contributed by atoms with Gasteiger partial charge in [-0.25, -0.2) is 9.98 Å². The van der Waals surface area contributed by atoms with E-state index in [0.29, 0.717) is 6.54 Å². The van der Waals surface area contributed by atoms with Crippen molar-refractivity contribution in [2.45, 2.75) is 45.8 Å². The van der Waals surface area contributed by atoms with Crippen molar-refractivity contribution < 1.29 is 0 Å². The van der Waals surface area contributed by atoms with E-state index in [0.717, 1.165) is 24.9 Å². The minimum atomic E-state index is -0.101. The molecule has 0 saturated heterocycles. The van der Waals surface area contributed by atoms with Gasteiger partial charge in [0.2, 0.25) is 0 Å².